The smallest absolute Gasteiger partial charge is 0.119 e. The van der Waals surface area contributed by atoms with Crippen LogP contribution in [0.3, 0.4) is 0 Å². The molecule has 0 aliphatic heterocycles. The van der Waals surface area contributed by atoms with Crippen LogP contribution in [0.4, 0.5) is 0 Å². The molecule has 0 spiro atoms. The third kappa shape index (κ3) is 5.51. The van der Waals surface area contributed by atoms with Gasteiger partial charge in [-0.3, -0.25) is 0 Å². The molecular weight excluding hydrogens is 250 g/mol. The lowest BCUT2D eigenvalue weighted by molar-refractivity contribution is 0.195. The van der Waals surface area contributed by atoms with Gasteiger partial charge >= 0.3 is 0 Å². The predicted molar refractivity (Wildman–Crippen MR) is 84.6 cm³/mol. The van der Waals surface area contributed by atoms with E-state index in [1.807, 2.05) is 0 Å². The average molecular weight is 279 g/mol. The van der Waals surface area contributed by atoms with E-state index in [2.05, 4.69) is 50.8 Å². The number of likely N-dealkylation sites (N-methyl/N-ethyl adjacent to an activating group) is 1. The highest BCUT2D eigenvalue weighted by Gasteiger charge is 2.06. The van der Waals surface area contributed by atoms with Crippen molar-refractivity contribution < 1.29 is 9.84 Å². The van der Waals surface area contributed by atoms with Crippen LogP contribution in [-0.4, -0.2) is 42.9 Å². The van der Waals surface area contributed by atoms with Gasteiger partial charge in [0.2, 0.25) is 0 Å². The summed E-state index contributed by atoms with van der Waals surface area (Å²) in [5.74, 6) is 1.50. The van der Waals surface area contributed by atoms with Crippen LogP contribution in [0.2, 0.25) is 0 Å². The number of aliphatic hydroxyl groups is 1. The molecule has 1 aromatic carbocycles. The van der Waals surface area contributed by atoms with E-state index in [1.54, 1.807) is 0 Å². The summed E-state index contributed by atoms with van der Waals surface area (Å²) in [7, 11) is 0. The van der Waals surface area contributed by atoms with Gasteiger partial charge in [0.25, 0.3) is 0 Å². The van der Waals surface area contributed by atoms with Gasteiger partial charge in [-0.1, -0.05) is 26.8 Å². The fraction of sp³-hybridized carbons (Fsp3) is 0.647. The second-order valence-corrected chi connectivity index (χ2v) is 5.53. The molecule has 3 nitrogen and oxygen atoms in total. The number of nitrogens with zero attached hydrogens (tertiary/aromatic N) is 1. The summed E-state index contributed by atoms with van der Waals surface area (Å²) in [6.07, 6.45) is 0.829. The lowest BCUT2D eigenvalue weighted by Gasteiger charge is -2.20. The van der Waals surface area contributed by atoms with Crippen LogP contribution >= 0.6 is 0 Å². The Morgan fingerprint density at radius 1 is 1.25 bits per heavy atom. The minimum Gasteiger partial charge on any atom is -0.492 e. The molecule has 0 heterocycles. The van der Waals surface area contributed by atoms with Crippen molar-refractivity contribution in [1.29, 1.82) is 0 Å². The Morgan fingerprint density at radius 2 is 2.00 bits per heavy atom. The van der Waals surface area contributed by atoms with Gasteiger partial charge in [-0.05, 0) is 49.1 Å². The zero-order valence-electron chi connectivity index (χ0n) is 13.4. The summed E-state index contributed by atoms with van der Waals surface area (Å²) in [4.78, 5) is 2.30. The number of hydrogen-bond donors (Lipinski definition) is 1. The lowest BCUT2D eigenvalue weighted by Crippen LogP contribution is -2.29. The normalized spacial score (nSPS) is 11.3. The summed E-state index contributed by atoms with van der Waals surface area (Å²) in [5.41, 5.74) is 2.68. The van der Waals surface area contributed by atoms with E-state index >= 15 is 0 Å². The highest BCUT2D eigenvalue weighted by atomic mass is 16.5. The molecule has 0 bridgehead atoms. The Hall–Kier alpha value is -1.06. The van der Waals surface area contributed by atoms with E-state index in [1.165, 1.54) is 11.1 Å². The number of aliphatic hydroxyl groups excluding tert-OH is 1. The van der Waals surface area contributed by atoms with Crippen molar-refractivity contribution in [2.75, 3.05) is 32.8 Å². The van der Waals surface area contributed by atoms with Gasteiger partial charge in [0.1, 0.15) is 12.4 Å². The third-order valence-electron chi connectivity index (χ3n) is 3.62. The first kappa shape index (κ1) is 17.0. The molecule has 0 saturated heterocycles. The molecule has 0 atom stereocenters. The van der Waals surface area contributed by atoms with Crippen LogP contribution in [0.1, 0.15) is 44.2 Å². The maximum atomic E-state index is 8.86. The first-order valence-electron chi connectivity index (χ1n) is 7.65. The van der Waals surface area contributed by atoms with Crippen LogP contribution < -0.4 is 4.74 Å². The maximum Gasteiger partial charge on any atom is 0.119 e. The Bertz CT molecular complexity index is 391. The number of ether oxygens (including phenoxy) is 1. The quantitative estimate of drug-likeness (QED) is 0.753. The van der Waals surface area contributed by atoms with Gasteiger partial charge < -0.3 is 14.7 Å². The molecule has 1 N–H and O–H groups in total. The van der Waals surface area contributed by atoms with Crippen molar-refractivity contribution in [3.8, 4) is 5.75 Å². The van der Waals surface area contributed by atoms with E-state index in [-0.39, 0.29) is 6.61 Å². The van der Waals surface area contributed by atoms with E-state index in [0.717, 1.165) is 31.8 Å². The maximum absolute atomic E-state index is 8.86. The fourth-order valence-corrected chi connectivity index (χ4v) is 2.40. The molecule has 3 heteroatoms. The van der Waals surface area contributed by atoms with Gasteiger partial charge in [0, 0.05) is 19.7 Å². The zero-order valence-corrected chi connectivity index (χ0v) is 13.4. The van der Waals surface area contributed by atoms with Crippen LogP contribution in [0.25, 0.3) is 0 Å². The minimum atomic E-state index is 0.257. The topological polar surface area (TPSA) is 32.7 Å². The number of aryl methyl sites for hydroxylation is 1. The van der Waals surface area contributed by atoms with Gasteiger partial charge in [0.05, 0.1) is 0 Å². The van der Waals surface area contributed by atoms with Crippen LogP contribution in [0.5, 0.6) is 5.75 Å². The SMILES string of the molecule is CCN(CCCO)CCOc1ccc(C(C)C)c(C)c1. The lowest BCUT2D eigenvalue weighted by atomic mass is 9.98. The third-order valence-corrected chi connectivity index (χ3v) is 3.62. The second-order valence-electron chi connectivity index (χ2n) is 5.53. The molecule has 114 valence electrons. The van der Waals surface area contributed by atoms with Crippen LogP contribution in [0.15, 0.2) is 18.2 Å². The van der Waals surface area contributed by atoms with E-state index < -0.39 is 0 Å². The molecule has 1 rings (SSSR count). The molecule has 0 aliphatic rings. The first-order chi connectivity index (χ1) is 9.58. The largest absolute Gasteiger partial charge is 0.492 e. The second kappa shape index (κ2) is 8.98. The molecule has 0 aliphatic carbocycles. The summed E-state index contributed by atoms with van der Waals surface area (Å²) in [5, 5.41) is 8.86. The Morgan fingerprint density at radius 3 is 2.55 bits per heavy atom. The van der Waals surface area contributed by atoms with Crippen molar-refractivity contribution in [2.24, 2.45) is 0 Å². The van der Waals surface area contributed by atoms with Crippen molar-refractivity contribution >= 4 is 0 Å². The summed E-state index contributed by atoms with van der Waals surface area (Å²) in [6.45, 7) is 12.5. The van der Waals surface area contributed by atoms with Crippen molar-refractivity contribution in [3.05, 3.63) is 29.3 Å². The molecular formula is C17H29NO2. The van der Waals surface area contributed by atoms with Crippen molar-refractivity contribution in [2.45, 2.75) is 40.0 Å². The predicted octanol–water partition coefficient (Wildman–Crippen LogP) is 3.20. The molecule has 0 saturated carbocycles. The zero-order chi connectivity index (χ0) is 15.0. The molecule has 20 heavy (non-hydrogen) atoms. The van der Waals surface area contributed by atoms with E-state index in [9.17, 15) is 0 Å². The summed E-state index contributed by atoms with van der Waals surface area (Å²) >= 11 is 0. The minimum absolute atomic E-state index is 0.257. The fourth-order valence-electron chi connectivity index (χ4n) is 2.40. The van der Waals surface area contributed by atoms with Crippen LogP contribution in [0, 0.1) is 6.92 Å². The molecule has 0 radical (unpaired) electrons. The van der Waals surface area contributed by atoms with Gasteiger partial charge in [0.15, 0.2) is 0 Å². The number of hydrogen-bond acceptors (Lipinski definition) is 3. The average Bonchev–Trinajstić information content (AvgIpc) is 2.42. The van der Waals surface area contributed by atoms with Crippen LogP contribution in [-0.2, 0) is 0 Å². The van der Waals surface area contributed by atoms with E-state index in [4.69, 9.17) is 9.84 Å². The summed E-state index contributed by atoms with van der Waals surface area (Å²) < 4.78 is 5.83. The molecule has 0 amide bonds. The molecule has 1 aromatic rings. The standard InChI is InChI=1S/C17H29NO2/c1-5-18(9-6-11-19)10-12-20-16-7-8-17(14(2)3)15(4)13-16/h7-8,13-14,19H,5-6,9-12H2,1-4H3. The molecule has 0 fully saturated rings. The Balaban J connectivity index is 2.43. The monoisotopic (exact) mass is 279 g/mol. The van der Waals surface area contributed by atoms with Crippen molar-refractivity contribution in [1.82, 2.24) is 4.90 Å². The number of benzene rings is 1. The Kier molecular flexibility index (Phi) is 7.63. The van der Waals surface area contributed by atoms with Gasteiger partial charge in [-0.15, -0.1) is 0 Å². The first-order valence-corrected chi connectivity index (χ1v) is 7.65. The van der Waals surface area contributed by atoms with Gasteiger partial charge in [-0.2, -0.15) is 0 Å². The number of rotatable bonds is 9. The highest BCUT2D eigenvalue weighted by molar-refractivity contribution is 5.36. The Labute approximate surface area is 123 Å². The highest BCUT2D eigenvalue weighted by Crippen LogP contribution is 2.23. The van der Waals surface area contributed by atoms with Gasteiger partial charge in [-0.25, -0.2) is 0 Å². The molecule has 0 unspecified atom stereocenters. The van der Waals surface area contributed by atoms with Crippen molar-refractivity contribution in [3.63, 3.8) is 0 Å². The summed E-state index contributed by atoms with van der Waals surface area (Å²) in [6, 6.07) is 6.35. The molecule has 0 aromatic heterocycles. The van der Waals surface area contributed by atoms with E-state index in [0.29, 0.717) is 12.5 Å².